The van der Waals surface area contributed by atoms with Crippen molar-refractivity contribution >= 4 is 11.6 Å². The summed E-state index contributed by atoms with van der Waals surface area (Å²) in [4.78, 5) is 0. The molecule has 0 atom stereocenters. The zero-order chi connectivity index (χ0) is 9.68. The van der Waals surface area contributed by atoms with Gasteiger partial charge in [0.2, 0.25) is 0 Å². The van der Waals surface area contributed by atoms with Crippen LogP contribution in [0.4, 0.5) is 4.39 Å². The standard InChI is InChI=1S/C9H12ClFN2/c10-8-1-2-9(11)7(5-8)3-4-13-6-12/h1-2,5,13H,3-4,6,12H2. The van der Waals surface area contributed by atoms with Crippen molar-refractivity contribution in [3.63, 3.8) is 0 Å². The molecule has 0 aliphatic carbocycles. The molecule has 0 saturated carbocycles. The molecule has 2 nitrogen and oxygen atoms in total. The Morgan fingerprint density at radius 3 is 2.92 bits per heavy atom. The molecule has 0 spiro atoms. The fourth-order valence-corrected chi connectivity index (χ4v) is 1.25. The lowest BCUT2D eigenvalue weighted by Crippen LogP contribution is -2.24. The minimum atomic E-state index is -0.219. The van der Waals surface area contributed by atoms with Crippen LogP contribution in [0, 0.1) is 5.82 Å². The fraction of sp³-hybridized carbons (Fsp3) is 0.333. The molecule has 0 radical (unpaired) electrons. The van der Waals surface area contributed by atoms with Gasteiger partial charge in [0.25, 0.3) is 0 Å². The van der Waals surface area contributed by atoms with Crippen LogP contribution in [-0.2, 0) is 6.42 Å². The molecule has 13 heavy (non-hydrogen) atoms. The maximum absolute atomic E-state index is 13.1. The first kappa shape index (κ1) is 10.4. The SMILES string of the molecule is NCNCCc1cc(Cl)ccc1F. The van der Waals surface area contributed by atoms with E-state index in [1.165, 1.54) is 12.1 Å². The van der Waals surface area contributed by atoms with Gasteiger partial charge >= 0.3 is 0 Å². The summed E-state index contributed by atoms with van der Waals surface area (Å²) in [5.41, 5.74) is 5.85. The molecule has 1 aromatic carbocycles. The summed E-state index contributed by atoms with van der Waals surface area (Å²) >= 11 is 5.72. The first-order valence-electron chi connectivity index (χ1n) is 4.08. The summed E-state index contributed by atoms with van der Waals surface area (Å²) in [7, 11) is 0. The largest absolute Gasteiger partial charge is 0.318 e. The zero-order valence-electron chi connectivity index (χ0n) is 7.19. The molecule has 72 valence electrons. The maximum atomic E-state index is 13.1. The van der Waals surface area contributed by atoms with Crippen LogP contribution in [-0.4, -0.2) is 13.2 Å². The van der Waals surface area contributed by atoms with Gasteiger partial charge in [-0.2, -0.15) is 0 Å². The predicted octanol–water partition coefficient (Wildman–Crippen LogP) is 1.53. The molecule has 0 heterocycles. The first-order chi connectivity index (χ1) is 6.24. The van der Waals surface area contributed by atoms with Crippen LogP contribution < -0.4 is 11.1 Å². The highest BCUT2D eigenvalue weighted by atomic mass is 35.5. The van der Waals surface area contributed by atoms with E-state index in [1.54, 1.807) is 6.07 Å². The second-order valence-corrected chi connectivity index (χ2v) is 3.13. The van der Waals surface area contributed by atoms with Crippen LogP contribution >= 0.6 is 11.6 Å². The van der Waals surface area contributed by atoms with E-state index in [9.17, 15) is 4.39 Å². The third-order valence-electron chi connectivity index (χ3n) is 1.72. The summed E-state index contributed by atoms with van der Waals surface area (Å²) in [6, 6.07) is 4.55. The van der Waals surface area contributed by atoms with Gasteiger partial charge in [-0.05, 0) is 30.2 Å². The van der Waals surface area contributed by atoms with E-state index in [-0.39, 0.29) is 5.82 Å². The summed E-state index contributed by atoms with van der Waals surface area (Å²) in [5, 5.41) is 3.47. The number of benzene rings is 1. The van der Waals surface area contributed by atoms with Gasteiger partial charge in [-0.15, -0.1) is 0 Å². The van der Waals surface area contributed by atoms with Gasteiger partial charge in [-0.25, -0.2) is 4.39 Å². The van der Waals surface area contributed by atoms with Crippen molar-refractivity contribution in [3.8, 4) is 0 Å². The lowest BCUT2D eigenvalue weighted by molar-refractivity contribution is 0.600. The molecule has 0 bridgehead atoms. The quantitative estimate of drug-likeness (QED) is 0.574. The van der Waals surface area contributed by atoms with E-state index in [4.69, 9.17) is 17.3 Å². The average Bonchev–Trinajstić information content (AvgIpc) is 2.11. The van der Waals surface area contributed by atoms with Gasteiger partial charge in [0.05, 0.1) is 0 Å². The maximum Gasteiger partial charge on any atom is 0.126 e. The van der Waals surface area contributed by atoms with Crippen LogP contribution in [0.5, 0.6) is 0 Å². The smallest absolute Gasteiger partial charge is 0.126 e. The first-order valence-corrected chi connectivity index (χ1v) is 4.46. The molecule has 0 saturated heterocycles. The molecule has 1 rings (SSSR count). The number of rotatable bonds is 4. The molecule has 0 aromatic heterocycles. The van der Waals surface area contributed by atoms with E-state index in [0.717, 1.165) is 0 Å². The number of nitrogens with two attached hydrogens (primary N) is 1. The second kappa shape index (κ2) is 5.17. The van der Waals surface area contributed by atoms with Crippen LogP contribution in [0.3, 0.4) is 0 Å². The lowest BCUT2D eigenvalue weighted by atomic mass is 10.1. The third-order valence-corrected chi connectivity index (χ3v) is 1.96. The molecule has 0 unspecified atom stereocenters. The normalized spacial score (nSPS) is 10.4. The van der Waals surface area contributed by atoms with E-state index >= 15 is 0 Å². The molecule has 0 aliphatic rings. The van der Waals surface area contributed by atoms with Crippen LogP contribution in [0.2, 0.25) is 5.02 Å². The molecule has 4 heteroatoms. The number of halogens is 2. The van der Waals surface area contributed by atoms with Gasteiger partial charge < -0.3 is 11.1 Å². The Balaban J connectivity index is 2.59. The van der Waals surface area contributed by atoms with Crippen molar-refractivity contribution in [1.29, 1.82) is 0 Å². The van der Waals surface area contributed by atoms with Crippen molar-refractivity contribution < 1.29 is 4.39 Å². The molecule has 3 N–H and O–H groups in total. The molecule has 0 fully saturated rings. The van der Waals surface area contributed by atoms with E-state index in [1.807, 2.05) is 0 Å². The van der Waals surface area contributed by atoms with Crippen LogP contribution in [0.1, 0.15) is 5.56 Å². The highest BCUT2D eigenvalue weighted by Gasteiger charge is 2.01. The topological polar surface area (TPSA) is 38.0 Å². The molecular formula is C9H12ClFN2. The Morgan fingerprint density at radius 1 is 1.46 bits per heavy atom. The van der Waals surface area contributed by atoms with E-state index < -0.39 is 0 Å². The van der Waals surface area contributed by atoms with Crippen LogP contribution in [0.25, 0.3) is 0 Å². The Bertz CT molecular complexity index is 278. The summed E-state index contributed by atoms with van der Waals surface area (Å²) in [6.45, 7) is 1.07. The Kier molecular flexibility index (Phi) is 4.15. The molecule has 1 aromatic rings. The number of nitrogens with one attached hydrogen (secondary N) is 1. The van der Waals surface area contributed by atoms with Gasteiger partial charge in [0, 0.05) is 18.2 Å². The van der Waals surface area contributed by atoms with Gasteiger partial charge in [-0.1, -0.05) is 11.6 Å². The highest BCUT2D eigenvalue weighted by molar-refractivity contribution is 6.30. The minimum absolute atomic E-state index is 0.219. The van der Waals surface area contributed by atoms with Crippen molar-refractivity contribution in [2.45, 2.75) is 6.42 Å². The van der Waals surface area contributed by atoms with Gasteiger partial charge in [0.15, 0.2) is 0 Å². The van der Waals surface area contributed by atoms with Crippen molar-refractivity contribution in [2.24, 2.45) is 5.73 Å². The van der Waals surface area contributed by atoms with Crippen molar-refractivity contribution in [1.82, 2.24) is 5.32 Å². The number of hydrogen-bond donors (Lipinski definition) is 2. The Labute approximate surface area is 81.9 Å². The monoisotopic (exact) mass is 202 g/mol. The lowest BCUT2D eigenvalue weighted by Gasteiger charge is -2.03. The van der Waals surface area contributed by atoms with Crippen molar-refractivity contribution in [3.05, 3.63) is 34.6 Å². The molecule has 0 amide bonds. The molecular weight excluding hydrogens is 191 g/mol. The van der Waals surface area contributed by atoms with E-state index in [0.29, 0.717) is 30.2 Å². The van der Waals surface area contributed by atoms with Gasteiger partial charge in [-0.3, -0.25) is 0 Å². The van der Waals surface area contributed by atoms with Crippen molar-refractivity contribution in [2.75, 3.05) is 13.2 Å². The average molecular weight is 203 g/mol. The minimum Gasteiger partial charge on any atom is -0.318 e. The number of hydrogen-bond acceptors (Lipinski definition) is 2. The summed E-state index contributed by atoms with van der Waals surface area (Å²) in [5.74, 6) is -0.219. The zero-order valence-corrected chi connectivity index (χ0v) is 7.94. The summed E-state index contributed by atoms with van der Waals surface area (Å²) in [6.07, 6.45) is 0.601. The highest BCUT2D eigenvalue weighted by Crippen LogP contribution is 2.14. The van der Waals surface area contributed by atoms with E-state index in [2.05, 4.69) is 5.32 Å². The predicted molar refractivity (Wildman–Crippen MR) is 52.2 cm³/mol. The fourth-order valence-electron chi connectivity index (χ4n) is 1.06. The Morgan fingerprint density at radius 2 is 2.23 bits per heavy atom. The second-order valence-electron chi connectivity index (χ2n) is 2.69. The Hall–Kier alpha value is -0.640. The molecule has 0 aliphatic heterocycles. The van der Waals surface area contributed by atoms with Gasteiger partial charge in [0.1, 0.15) is 5.82 Å². The third kappa shape index (κ3) is 3.30. The summed E-state index contributed by atoms with van der Waals surface area (Å²) < 4.78 is 13.1. The van der Waals surface area contributed by atoms with Crippen LogP contribution in [0.15, 0.2) is 18.2 Å².